The molecular formula is C44H29N4+. The van der Waals surface area contributed by atoms with E-state index in [4.69, 9.17) is 9.97 Å². The summed E-state index contributed by atoms with van der Waals surface area (Å²) in [6.07, 6.45) is 0. The van der Waals surface area contributed by atoms with E-state index in [0.717, 1.165) is 39.1 Å². The Morgan fingerprint density at radius 3 is 1.94 bits per heavy atom. The topological polar surface area (TPSA) is 35.2 Å². The molecule has 0 saturated heterocycles. The van der Waals surface area contributed by atoms with Gasteiger partial charge in [0, 0.05) is 39.4 Å². The fourth-order valence-electron chi connectivity index (χ4n) is 7.49. The van der Waals surface area contributed by atoms with Crippen molar-refractivity contribution >= 4 is 49.8 Å². The Hall–Kier alpha value is -6.36. The minimum absolute atomic E-state index is 0.719. The van der Waals surface area contributed by atoms with Crippen LogP contribution in [0, 0.1) is 0 Å². The van der Waals surface area contributed by atoms with Crippen molar-refractivity contribution in [3.8, 4) is 39.5 Å². The van der Waals surface area contributed by atoms with Crippen LogP contribution in [-0.2, 0) is 0 Å². The summed E-state index contributed by atoms with van der Waals surface area (Å²) in [5, 5.41) is 3.42. The Balaban J connectivity index is 1.17. The van der Waals surface area contributed by atoms with Crippen molar-refractivity contribution in [2.24, 2.45) is 0 Å². The van der Waals surface area contributed by atoms with E-state index < -0.39 is 0 Å². The van der Waals surface area contributed by atoms with Crippen LogP contribution in [0.5, 0.6) is 0 Å². The second kappa shape index (κ2) is 10.6. The number of nitrogens with zero attached hydrogens (tertiary/aromatic N) is 3. The second-order valence-corrected chi connectivity index (χ2v) is 12.4. The van der Waals surface area contributed by atoms with Crippen molar-refractivity contribution in [1.29, 1.82) is 0 Å². The molecule has 0 aliphatic carbocycles. The molecule has 1 N–H and O–H groups in total. The molecule has 1 atom stereocenters. The van der Waals surface area contributed by atoms with Crippen LogP contribution in [0.15, 0.2) is 170 Å². The number of aromatic nitrogens is 3. The molecule has 0 radical (unpaired) electrons. The third-order valence-corrected chi connectivity index (χ3v) is 9.67. The standard InChI is InChI=1S/C44H28N4/c1-3-13-29(14-4-1)43-45-38-20-10-7-19-35(38)44(46-43)48-40-22-12-9-18-34(40)37-28-31(24-26-42(37)48)30-23-25-41-36(27-30)33-17-8-11-21-39(33)47(41)32-15-5-2-6-16-32/h1-28H/p+1. The van der Waals surface area contributed by atoms with Gasteiger partial charge in [-0.2, -0.15) is 0 Å². The summed E-state index contributed by atoms with van der Waals surface area (Å²) in [5.41, 5.74) is 13.0. The van der Waals surface area contributed by atoms with E-state index in [2.05, 4.69) is 150 Å². The van der Waals surface area contributed by atoms with Crippen LogP contribution >= 0.6 is 0 Å². The van der Waals surface area contributed by atoms with E-state index in [1.165, 1.54) is 55.0 Å². The summed E-state index contributed by atoms with van der Waals surface area (Å²) < 4.78 is 2.31. The Morgan fingerprint density at radius 1 is 0.417 bits per heavy atom. The van der Waals surface area contributed by atoms with Gasteiger partial charge < -0.3 is 0 Å². The Kier molecular flexibility index (Phi) is 5.92. The van der Waals surface area contributed by atoms with E-state index in [1.807, 2.05) is 24.3 Å². The third kappa shape index (κ3) is 4.07. The Morgan fingerprint density at radius 2 is 1.06 bits per heavy atom. The van der Waals surface area contributed by atoms with Gasteiger partial charge in [0.25, 0.3) is 0 Å². The Bertz CT molecular complexity index is 2670. The predicted molar refractivity (Wildman–Crippen MR) is 197 cm³/mol. The van der Waals surface area contributed by atoms with Gasteiger partial charge in [0.2, 0.25) is 0 Å². The molecule has 0 saturated carbocycles. The number of nitrogens with one attached hydrogen (secondary N) is 1. The van der Waals surface area contributed by atoms with Crippen molar-refractivity contribution in [2.75, 3.05) is 0 Å². The van der Waals surface area contributed by atoms with Crippen molar-refractivity contribution < 1.29 is 4.90 Å². The van der Waals surface area contributed by atoms with Crippen molar-refractivity contribution in [1.82, 2.24) is 14.5 Å². The number of para-hydroxylation sites is 4. The summed E-state index contributed by atoms with van der Waals surface area (Å²) in [4.78, 5) is 11.5. The van der Waals surface area contributed by atoms with Gasteiger partial charge in [-0.1, -0.05) is 97.1 Å². The SMILES string of the molecule is c1ccc(-c2nc(-n3c4ccccc4c4cc(-c5ccc6c(c5)-c5ccccc5[NH+]6c5ccccc5)ccc43)c3ccccc3n2)cc1. The van der Waals surface area contributed by atoms with Crippen LogP contribution in [0.1, 0.15) is 0 Å². The zero-order valence-electron chi connectivity index (χ0n) is 26.0. The monoisotopic (exact) mass is 613 g/mol. The summed E-state index contributed by atoms with van der Waals surface area (Å²) in [7, 11) is 0. The van der Waals surface area contributed by atoms with Gasteiger partial charge in [-0.25, -0.2) is 14.9 Å². The highest BCUT2D eigenvalue weighted by Gasteiger charge is 2.33. The van der Waals surface area contributed by atoms with Crippen molar-refractivity contribution in [2.45, 2.75) is 0 Å². The molecule has 3 heterocycles. The van der Waals surface area contributed by atoms with Gasteiger partial charge in [0.05, 0.1) is 22.1 Å². The molecule has 4 heteroatoms. The number of hydrogen-bond donors (Lipinski definition) is 1. The fraction of sp³-hybridized carbons (Fsp3) is 0. The number of rotatable bonds is 4. The first kappa shape index (κ1) is 26.8. The third-order valence-electron chi connectivity index (χ3n) is 9.67. The normalized spacial score (nSPS) is 13.6. The average Bonchev–Trinajstić information content (AvgIpc) is 3.67. The maximum atomic E-state index is 5.24. The van der Waals surface area contributed by atoms with Crippen molar-refractivity contribution in [3.05, 3.63) is 170 Å². The molecule has 224 valence electrons. The zero-order valence-corrected chi connectivity index (χ0v) is 26.0. The van der Waals surface area contributed by atoms with Gasteiger partial charge in [0.1, 0.15) is 22.9 Å². The molecular weight excluding hydrogens is 585 g/mol. The van der Waals surface area contributed by atoms with Gasteiger partial charge in [-0.05, 0) is 71.8 Å². The highest BCUT2D eigenvalue weighted by atomic mass is 15.2. The first-order valence-corrected chi connectivity index (χ1v) is 16.3. The lowest BCUT2D eigenvalue weighted by molar-refractivity contribution is -0.677. The smallest absolute Gasteiger partial charge is 0.162 e. The van der Waals surface area contributed by atoms with Crippen LogP contribution in [0.2, 0.25) is 0 Å². The first-order chi connectivity index (χ1) is 23.8. The van der Waals surface area contributed by atoms with Gasteiger partial charge in [0.15, 0.2) is 5.82 Å². The van der Waals surface area contributed by atoms with Gasteiger partial charge in [-0.15, -0.1) is 0 Å². The molecule has 1 unspecified atom stereocenters. The molecule has 0 bridgehead atoms. The molecule has 2 aromatic heterocycles. The van der Waals surface area contributed by atoms with Crippen LogP contribution in [-0.4, -0.2) is 14.5 Å². The maximum Gasteiger partial charge on any atom is 0.162 e. The lowest BCUT2D eigenvalue weighted by Gasteiger charge is -2.14. The predicted octanol–water partition coefficient (Wildman–Crippen LogP) is 10.2. The van der Waals surface area contributed by atoms with Crippen LogP contribution in [0.25, 0.3) is 72.2 Å². The molecule has 7 aromatic carbocycles. The fourth-order valence-corrected chi connectivity index (χ4v) is 7.49. The number of benzene rings is 7. The van der Waals surface area contributed by atoms with E-state index in [1.54, 1.807) is 0 Å². The molecule has 48 heavy (non-hydrogen) atoms. The van der Waals surface area contributed by atoms with Crippen LogP contribution < -0.4 is 4.90 Å². The first-order valence-electron chi connectivity index (χ1n) is 16.3. The summed E-state index contributed by atoms with van der Waals surface area (Å²) in [6, 6.07) is 60.5. The summed E-state index contributed by atoms with van der Waals surface area (Å²) >= 11 is 0. The minimum Gasteiger partial charge on any atom is -0.293 e. The molecule has 0 amide bonds. The minimum atomic E-state index is 0.719. The molecule has 1 aliphatic rings. The van der Waals surface area contributed by atoms with Crippen LogP contribution in [0.3, 0.4) is 0 Å². The van der Waals surface area contributed by atoms with Crippen LogP contribution in [0.4, 0.5) is 17.1 Å². The zero-order chi connectivity index (χ0) is 31.6. The molecule has 4 nitrogen and oxygen atoms in total. The molecule has 9 aromatic rings. The molecule has 0 fully saturated rings. The second-order valence-electron chi connectivity index (χ2n) is 12.4. The highest BCUT2D eigenvalue weighted by molar-refractivity contribution is 6.11. The lowest BCUT2D eigenvalue weighted by Crippen LogP contribution is -2.95. The van der Waals surface area contributed by atoms with E-state index in [-0.39, 0.29) is 0 Å². The molecule has 1 aliphatic heterocycles. The quantitative estimate of drug-likeness (QED) is 0.214. The van der Waals surface area contributed by atoms with Crippen molar-refractivity contribution in [3.63, 3.8) is 0 Å². The van der Waals surface area contributed by atoms with E-state index >= 15 is 0 Å². The molecule has 0 spiro atoms. The number of hydrogen-bond acceptors (Lipinski definition) is 2. The van der Waals surface area contributed by atoms with E-state index in [0.29, 0.717) is 0 Å². The maximum absolute atomic E-state index is 5.24. The largest absolute Gasteiger partial charge is 0.293 e. The summed E-state index contributed by atoms with van der Waals surface area (Å²) in [6.45, 7) is 0. The van der Waals surface area contributed by atoms with E-state index in [9.17, 15) is 0 Å². The number of fused-ring (bicyclic) bond motifs is 7. The number of quaternary nitrogens is 1. The highest BCUT2D eigenvalue weighted by Crippen LogP contribution is 2.42. The average molecular weight is 614 g/mol. The Labute approximate surface area is 277 Å². The lowest BCUT2D eigenvalue weighted by atomic mass is 9.98. The van der Waals surface area contributed by atoms with Gasteiger partial charge in [-0.3, -0.25) is 4.57 Å². The van der Waals surface area contributed by atoms with Gasteiger partial charge >= 0.3 is 0 Å². The summed E-state index contributed by atoms with van der Waals surface area (Å²) in [5.74, 6) is 1.61. The molecule has 10 rings (SSSR count).